The summed E-state index contributed by atoms with van der Waals surface area (Å²) in [6.07, 6.45) is 2.69. The van der Waals surface area contributed by atoms with Crippen LogP contribution in [0.4, 0.5) is 0 Å². The van der Waals surface area contributed by atoms with Crippen LogP contribution >= 0.6 is 0 Å². The summed E-state index contributed by atoms with van der Waals surface area (Å²) in [6, 6.07) is 25.0. The molecule has 5 rings (SSSR count). The van der Waals surface area contributed by atoms with Crippen molar-refractivity contribution in [1.82, 2.24) is 14.4 Å². The van der Waals surface area contributed by atoms with E-state index in [9.17, 15) is 4.79 Å². The number of rotatable bonds is 10. The zero-order valence-electron chi connectivity index (χ0n) is 23.3. The minimum Gasteiger partial charge on any atom is -0.497 e. The molecule has 1 amide bonds. The molecule has 4 aromatic rings. The van der Waals surface area contributed by atoms with E-state index in [1.54, 1.807) is 7.11 Å². The Morgan fingerprint density at radius 2 is 1.56 bits per heavy atom. The van der Waals surface area contributed by atoms with E-state index < -0.39 is 0 Å². The minimum absolute atomic E-state index is 0.0561. The standard InChI is InChI=1S/C33H39N3O3/c1-4-34-18-20-35(21-19-34)33(37)22-30(26-12-16-28(17-13-26)39-5-2)31-24-36(32-9-7-6-8-29(31)32)23-25-10-14-27(38-3)15-11-25/h6-17,24,30H,4-5,18-23H2,1-3H3. The van der Waals surface area contributed by atoms with Crippen molar-refractivity contribution >= 4 is 16.8 Å². The van der Waals surface area contributed by atoms with E-state index >= 15 is 0 Å². The van der Waals surface area contributed by atoms with Crippen LogP contribution in [0.25, 0.3) is 10.9 Å². The summed E-state index contributed by atoms with van der Waals surface area (Å²) < 4.78 is 13.4. The van der Waals surface area contributed by atoms with Crippen molar-refractivity contribution in [1.29, 1.82) is 0 Å². The van der Waals surface area contributed by atoms with Crippen molar-refractivity contribution in [2.45, 2.75) is 32.7 Å². The average molecular weight is 526 g/mol. The normalized spacial score (nSPS) is 14.9. The zero-order chi connectivity index (χ0) is 27.2. The van der Waals surface area contributed by atoms with Crippen molar-refractivity contribution in [3.63, 3.8) is 0 Å². The molecule has 1 aliphatic rings. The molecular weight excluding hydrogens is 486 g/mol. The van der Waals surface area contributed by atoms with Gasteiger partial charge in [0.2, 0.25) is 5.91 Å². The lowest BCUT2D eigenvalue weighted by molar-refractivity contribution is -0.133. The number of piperazine rings is 1. The molecule has 1 unspecified atom stereocenters. The predicted molar refractivity (Wildman–Crippen MR) is 157 cm³/mol. The van der Waals surface area contributed by atoms with Crippen molar-refractivity contribution in [2.75, 3.05) is 46.4 Å². The Labute approximate surface area is 231 Å². The van der Waals surface area contributed by atoms with E-state index in [0.29, 0.717) is 13.0 Å². The number of carbonyl (C=O) groups excluding carboxylic acids is 1. The number of hydrogen-bond donors (Lipinski definition) is 0. The lowest BCUT2D eigenvalue weighted by Crippen LogP contribution is -2.48. The highest BCUT2D eigenvalue weighted by Crippen LogP contribution is 2.36. The summed E-state index contributed by atoms with van der Waals surface area (Å²) in [6.45, 7) is 10.0. The Kier molecular flexibility index (Phi) is 8.52. The molecule has 6 heteroatoms. The van der Waals surface area contributed by atoms with Crippen LogP contribution < -0.4 is 9.47 Å². The van der Waals surface area contributed by atoms with Gasteiger partial charge in [-0.2, -0.15) is 0 Å². The maximum atomic E-state index is 13.7. The number of aromatic nitrogens is 1. The summed E-state index contributed by atoms with van der Waals surface area (Å²) in [5, 5.41) is 1.19. The number of nitrogens with zero attached hydrogens (tertiary/aromatic N) is 3. The van der Waals surface area contributed by atoms with E-state index in [0.717, 1.165) is 56.3 Å². The molecule has 3 aromatic carbocycles. The first kappa shape index (κ1) is 26.8. The first-order chi connectivity index (χ1) is 19.1. The lowest BCUT2D eigenvalue weighted by atomic mass is 9.87. The van der Waals surface area contributed by atoms with Gasteiger partial charge in [-0.05, 0) is 60.5 Å². The van der Waals surface area contributed by atoms with Gasteiger partial charge in [-0.25, -0.2) is 0 Å². The highest BCUT2D eigenvalue weighted by Gasteiger charge is 2.27. The number of methoxy groups -OCH3 is 1. The molecule has 0 radical (unpaired) electrons. The zero-order valence-corrected chi connectivity index (χ0v) is 23.3. The maximum Gasteiger partial charge on any atom is 0.223 e. The molecule has 1 fully saturated rings. The molecule has 1 aromatic heterocycles. The Morgan fingerprint density at radius 1 is 0.872 bits per heavy atom. The molecule has 1 saturated heterocycles. The molecule has 1 atom stereocenters. The average Bonchev–Trinajstić information content (AvgIpc) is 3.35. The van der Waals surface area contributed by atoms with Crippen LogP contribution in [-0.2, 0) is 11.3 Å². The molecule has 1 aliphatic heterocycles. The third-order valence-corrected chi connectivity index (χ3v) is 7.85. The van der Waals surface area contributed by atoms with Crippen molar-refractivity contribution in [3.8, 4) is 11.5 Å². The molecule has 204 valence electrons. The lowest BCUT2D eigenvalue weighted by Gasteiger charge is -2.35. The monoisotopic (exact) mass is 525 g/mol. The minimum atomic E-state index is -0.0561. The van der Waals surface area contributed by atoms with Crippen LogP contribution in [0.5, 0.6) is 11.5 Å². The van der Waals surface area contributed by atoms with Gasteiger partial charge in [0.25, 0.3) is 0 Å². The molecule has 0 spiro atoms. The number of benzene rings is 3. The smallest absolute Gasteiger partial charge is 0.223 e. The predicted octanol–water partition coefficient (Wildman–Crippen LogP) is 5.78. The molecule has 2 heterocycles. The quantitative estimate of drug-likeness (QED) is 0.263. The van der Waals surface area contributed by atoms with Crippen molar-refractivity contribution in [2.24, 2.45) is 0 Å². The maximum absolute atomic E-state index is 13.7. The molecule has 0 saturated carbocycles. The number of carbonyl (C=O) groups is 1. The third kappa shape index (κ3) is 6.12. The second-order valence-corrected chi connectivity index (χ2v) is 10.2. The van der Waals surface area contributed by atoms with Gasteiger partial charge in [0.15, 0.2) is 0 Å². The number of hydrogen-bond acceptors (Lipinski definition) is 4. The van der Waals surface area contributed by atoms with Crippen LogP contribution in [0.1, 0.15) is 42.9 Å². The van der Waals surface area contributed by atoms with E-state index in [-0.39, 0.29) is 11.8 Å². The molecule has 0 N–H and O–H groups in total. The number of fused-ring (bicyclic) bond motifs is 1. The SMILES string of the molecule is CCOc1ccc(C(CC(=O)N2CCN(CC)CC2)c2cn(Cc3ccc(OC)cc3)c3ccccc23)cc1. The Morgan fingerprint density at radius 3 is 2.23 bits per heavy atom. The van der Waals surface area contributed by atoms with Gasteiger partial charge >= 0.3 is 0 Å². The Balaban J connectivity index is 1.50. The number of likely N-dealkylation sites (N-methyl/N-ethyl adjacent to an activating group) is 1. The largest absolute Gasteiger partial charge is 0.497 e. The van der Waals surface area contributed by atoms with Crippen LogP contribution in [0.15, 0.2) is 79.0 Å². The van der Waals surface area contributed by atoms with E-state index in [1.165, 1.54) is 22.0 Å². The van der Waals surface area contributed by atoms with Gasteiger partial charge in [0, 0.05) is 62.2 Å². The number of ether oxygens (including phenoxy) is 2. The molecule has 0 aliphatic carbocycles. The summed E-state index contributed by atoms with van der Waals surface area (Å²) in [5.74, 6) is 1.87. The topological polar surface area (TPSA) is 46.9 Å². The number of para-hydroxylation sites is 1. The Bertz CT molecular complexity index is 1370. The van der Waals surface area contributed by atoms with E-state index in [1.807, 2.05) is 36.1 Å². The molecule has 0 bridgehead atoms. The van der Waals surface area contributed by atoms with Crippen LogP contribution in [0.3, 0.4) is 0 Å². The summed E-state index contributed by atoms with van der Waals surface area (Å²) in [4.78, 5) is 18.1. The fourth-order valence-electron chi connectivity index (χ4n) is 5.60. The summed E-state index contributed by atoms with van der Waals surface area (Å²) in [7, 11) is 1.69. The van der Waals surface area contributed by atoms with E-state index in [4.69, 9.17) is 9.47 Å². The molecule has 39 heavy (non-hydrogen) atoms. The molecule has 6 nitrogen and oxygen atoms in total. The first-order valence-corrected chi connectivity index (χ1v) is 14.0. The van der Waals surface area contributed by atoms with Crippen molar-refractivity contribution in [3.05, 3.63) is 95.7 Å². The van der Waals surface area contributed by atoms with Gasteiger partial charge in [0.1, 0.15) is 11.5 Å². The molecular formula is C33H39N3O3. The second-order valence-electron chi connectivity index (χ2n) is 10.2. The second kappa shape index (κ2) is 12.4. The van der Waals surface area contributed by atoms with E-state index in [2.05, 4.69) is 71.1 Å². The van der Waals surface area contributed by atoms with Gasteiger partial charge < -0.3 is 23.8 Å². The van der Waals surface area contributed by atoms with Crippen LogP contribution in [0, 0.1) is 0 Å². The van der Waals surface area contributed by atoms with Gasteiger partial charge in [-0.3, -0.25) is 4.79 Å². The highest BCUT2D eigenvalue weighted by molar-refractivity contribution is 5.87. The van der Waals surface area contributed by atoms with Gasteiger partial charge in [-0.15, -0.1) is 0 Å². The number of amides is 1. The van der Waals surface area contributed by atoms with Gasteiger partial charge in [-0.1, -0.05) is 49.4 Å². The highest BCUT2D eigenvalue weighted by atomic mass is 16.5. The van der Waals surface area contributed by atoms with Crippen LogP contribution in [0.2, 0.25) is 0 Å². The summed E-state index contributed by atoms with van der Waals surface area (Å²) in [5.41, 5.74) is 4.68. The fourth-order valence-corrected chi connectivity index (χ4v) is 5.60. The van der Waals surface area contributed by atoms with Crippen LogP contribution in [-0.4, -0.2) is 66.7 Å². The Hall–Kier alpha value is -3.77. The summed E-state index contributed by atoms with van der Waals surface area (Å²) >= 11 is 0. The fraction of sp³-hybridized carbons (Fsp3) is 0.364. The third-order valence-electron chi connectivity index (χ3n) is 7.85. The first-order valence-electron chi connectivity index (χ1n) is 14.0. The van der Waals surface area contributed by atoms with Gasteiger partial charge in [0.05, 0.1) is 13.7 Å². The van der Waals surface area contributed by atoms with Crippen molar-refractivity contribution < 1.29 is 14.3 Å².